The lowest BCUT2D eigenvalue weighted by Gasteiger charge is -2.11. The standard InChI is InChI=1S/C16H7Br2ClN2O4/c17-11-7-12(18)15(14-9(11)2-1-5-20-14)25-16(22)10-6-8(21(23)24)3-4-13(10)19/h1-7H. The van der Waals surface area contributed by atoms with Gasteiger partial charge >= 0.3 is 5.97 Å². The molecule has 25 heavy (non-hydrogen) atoms. The molecule has 3 aromatic rings. The third-order valence-electron chi connectivity index (χ3n) is 3.33. The Morgan fingerprint density at radius 1 is 1.20 bits per heavy atom. The van der Waals surface area contributed by atoms with Crippen molar-refractivity contribution in [2.75, 3.05) is 0 Å². The zero-order chi connectivity index (χ0) is 18.1. The molecule has 0 unspecified atom stereocenters. The highest BCUT2D eigenvalue weighted by Crippen LogP contribution is 2.38. The fourth-order valence-corrected chi connectivity index (χ4v) is 3.72. The van der Waals surface area contributed by atoms with Crippen LogP contribution < -0.4 is 4.74 Å². The molecule has 0 saturated heterocycles. The van der Waals surface area contributed by atoms with Crippen molar-refractivity contribution in [1.82, 2.24) is 4.98 Å². The highest BCUT2D eigenvalue weighted by atomic mass is 79.9. The summed E-state index contributed by atoms with van der Waals surface area (Å²) in [4.78, 5) is 27.0. The smallest absolute Gasteiger partial charge is 0.345 e. The summed E-state index contributed by atoms with van der Waals surface area (Å²) in [6.45, 7) is 0. The van der Waals surface area contributed by atoms with Crippen molar-refractivity contribution >= 4 is 66.0 Å². The second-order valence-corrected chi connectivity index (χ2v) is 7.00. The summed E-state index contributed by atoms with van der Waals surface area (Å²) in [6, 6.07) is 8.87. The molecule has 0 bridgehead atoms. The van der Waals surface area contributed by atoms with Crippen LogP contribution in [0.3, 0.4) is 0 Å². The number of hydrogen-bond donors (Lipinski definition) is 0. The number of aromatic nitrogens is 1. The van der Waals surface area contributed by atoms with E-state index < -0.39 is 10.9 Å². The Kier molecular flexibility index (Phi) is 5.03. The van der Waals surface area contributed by atoms with Gasteiger partial charge < -0.3 is 4.74 Å². The van der Waals surface area contributed by atoms with E-state index in [1.165, 1.54) is 12.1 Å². The van der Waals surface area contributed by atoms with Crippen LogP contribution in [-0.2, 0) is 0 Å². The topological polar surface area (TPSA) is 82.3 Å². The zero-order valence-corrected chi connectivity index (χ0v) is 16.1. The fourth-order valence-electron chi connectivity index (χ4n) is 2.17. The Labute approximate surface area is 163 Å². The predicted molar refractivity (Wildman–Crippen MR) is 100 cm³/mol. The Bertz CT molecular complexity index is 1030. The first-order valence-electron chi connectivity index (χ1n) is 6.77. The Morgan fingerprint density at radius 3 is 2.68 bits per heavy atom. The summed E-state index contributed by atoms with van der Waals surface area (Å²) in [5.74, 6) is -0.616. The van der Waals surface area contributed by atoms with E-state index in [1.54, 1.807) is 18.3 Å². The van der Waals surface area contributed by atoms with E-state index in [4.69, 9.17) is 16.3 Å². The predicted octanol–water partition coefficient (Wildman–Crippen LogP) is 5.54. The summed E-state index contributed by atoms with van der Waals surface area (Å²) in [6.07, 6.45) is 1.57. The first-order chi connectivity index (χ1) is 11.9. The monoisotopic (exact) mass is 484 g/mol. The SMILES string of the molecule is O=C(Oc1c(Br)cc(Br)c2cccnc12)c1cc([N+](=O)[O-])ccc1Cl. The first kappa shape index (κ1) is 17.8. The lowest BCUT2D eigenvalue weighted by Crippen LogP contribution is -2.10. The molecule has 0 aliphatic heterocycles. The maximum Gasteiger partial charge on any atom is 0.345 e. The van der Waals surface area contributed by atoms with E-state index in [-0.39, 0.29) is 22.0 Å². The number of ether oxygens (including phenoxy) is 1. The molecule has 0 spiro atoms. The quantitative estimate of drug-likeness (QED) is 0.210. The van der Waals surface area contributed by atoms with Crippen molar-refractivity contribution in [3.05, 3.63) is 72.2 Å². The van der Waals surface area contributed by atoms with Gasteiger partial charge in [-0.15, -0.1) is 0 Å². The van der Waals surface area contributed by atoms with Crippen LogP contribution in [0.15, 0.2) is 51.5 Å². The molecular weight excluding hydrogens is 479 g/mol. The van der Waals surface area contributed by atoms with E-state index in [9.17, 15) is 14.9 Å². The van der Waals surface area contributed by atoms with Crippen LogP contribution in [0.25, 0.3) is 10.9 Å². The number of nitro groups is 1. The molecule has 0 aliphatic carbocycles. The second kappa shape index (κ2) is 7.07. The minimum Gasteiger partial charge on any atom is -0.419 e. The van der Waals surface area contributed by atoms with Gasteiger partial charge in [0.05, 0.1) is 20.0 Å². The number of hydrogen-bond acceptors (Lipinski definition) is 5. The number of carbonyl (C=O) groups is 1. The first-order valence-corrected chi connectivity index (χ1v) is 8.73. The summed E-state index contributed by atoms with van der Waals surface area (Å²) in [5, 5.41) is 11.7. The Morgan fingerprint density at radius 2 is 1.96 bits per heavy atom. The van der Waals surface area contributed by atoms with Crippen LogP contribution >= 0.6 is 43.5 Å². The van der Waals surface area contributed by atoms with Gasteiger partial charge in [0, 0.05) is 28.2 Å². The van der Waals surface area contributed by atoms with Crippen LogP contribution in [0.4, 0.5) is 5.69 Å². The lowest BCUT2D eigenvalue weighted by molar-refractivity contribution is -0.384. The highest BCUT2D eigenvalue weighted by molar-refractivity contribution is 9.11. The van der Waals surface area contributed by atoms with Gasteiger partial charge in [0.15, 0.2) is 5.75 Å². The molecule has 0 fully saturated rings. The van der Waals surface area contributed by atoms with Gasteiger partial charge in [-0.1, -0.05) is 33.6 Å². The molecule has 126 valence electrons. The molecule has 0 aliphatic rings. The average molecular weight is 487 g/mol. The van der Waals surface area contributed by atoms with Gasteiger partial charge in [-0.05, 0) is 34.1 Å². The van der Waals surface area contributed by atoms with Crippen molar-refractivity contribution < 1.29 is 14.5 Å². The minimum absolute atomic E-state index is 0.0566. The molecule has 3 rings (SSSR count). The molecule has 2 aromatic carbocycles. The van der Waals surface area contributed by atoms with Gasteiger partial charge in [-0.3, -0.25) is 15.1 Å². The number of esters is 1. The van der Waals surface area contributed by atoms with Gasteiger partial charge in [0.25, 0.3) is 5.69 Å². The van der Waals surface area contributed by atoms with E-state index >= 15 is 0 Å². The maximum absolute atomic E-state index is 12.5. The minimum atomic E-state index is -0.816. The number of nitrogens with zero attached hydrogens (tertiary/aromatic N) is 2. The lowest BCUT2D eigenvalue weighted by atomic mass is 10.2. The van der Waals surface area contributed by atoms with Crippen molar-refractivity contribution in [3.8, 4) is 5.75 Å². The van der Waals surface area contributed by atoms with Gasteiger partial charge in [-0.2, -0.15) is 0 Å². The number of benzene rings is 2. The van der Waals surface area contributed by atoms with Crippen molar-refractivity contribution in [3.63, 3.8) is 0 Å². The number of halogens is 3. The number of carbonyl (C=O) groups excluding carboxylic acids is 1. The molecule has 0 amide bonds. The van der Waals surface area contributed by atoms with Crippen molar-refractivity contribution in [2.24, 2.45) is 0 Å². The third-order valence-corrected chi connectivity index (χ3v) is 4.90. The number of rotatable bonds is 3. The van der Waals surface area contributed by atoms with E-state index in [0.717, 1.165) is 15.9 Å². The number of nitro benzene ring substituents is 1. The Hall–Kier alpha value is -2.03. The normalized spacial score (nSPS) is 10.7. The second-order valence-electron chi connectivity index (χ2n) is 4.88. The van der Waals surface area contributed by atoms with Crippen molar-refractivity contribution in [1.29, 1.82) is 0 Å². The van der Waals surface area contributed by atoms with Crippen LogP contribution in [0, 0.1) is 10.1 Å². The number of non-ortho nitro benzene ring substituents is 1. The fraction of sp³-hybridized carbons (Fsp3) is 0. The number of fused-ring (bicyclic) bond motifs is 1. The summed E-state index contributed by atoms with van der Waals surface area (Å²) in [5.41, 5.74) is 0.0997. The van der Waals surface area contributed by atoms with Gasteiger partial charge in [0.2, 0.25) is 0 Å². The third kappa shape index (κ3) is 3.51. The van der Waals surface area contributed by atoms with Gasteiger partial charge in [-0.25, -0.2) is 4.79 Å². The van der Waals surface area contributed by atoms with Crippen LogP contribution in [0.5, 0.6) is 5.75 Å². The summed E-state index contributed by atoms with van der Waals surface area (Å²) in [7, 11) is 0. The van der Waals surface area contributed by atoms with E-state index in [0.29, 0.717) is 9.99 Å². The average Bonchev–Trinajstić information content (AvgIpc) is 2.58. The summed E-state index contributed by atoms with van der Waals surface area (Å²) >= 11 is 12.7. The number of pyridine rings is 1. The zero-order valence-electron chi connectivity index (χ0n) is 12.2. The molecule has 0 N–H and O–H groups in total. The van der Waals surface area contributed by atoms with Crippen LogP contribution in [0.1, 0.15) is 10.4 Å². The Balaban J connectivity index is 2.07. The highest BCUT2D eigenvalue weighted by Gasteiger charge is 2.21. The van der Waals surface area contributed by atoms with Crippen molar-refractivity contribution in [2.45, 2.75) is 0 Å². The maximum atomic E-state index is 12.5. The molecule has 0 radical (unpaired) electrons. The summed E-state index contributed by atoms with van der Waals surface area (Å²) < 4.78 is 6.71. The van der Waals surface area contributed by atoms with Crippen LogP contribution in [-0.4, -0.2) is 15.9 Å². The molecular formula is C16H7Br2ClN2O4. The van der Waals surface area contributed by atoms with E-state index in [2.05, 4.69) is 36.8 Å². The molecule has 1 aromatic heterocycles. The van der Waals surface area contributed by atoms with Gasteiger partial charge in [0.1, 0.15) is 5.52 Å². The van der Waals surface area contributed by atoms with Crippen LogP contribution in [0.2, 0.25) is 5.02 Å². The molecule has 0 saturated carbocycles. The molecule has 9 heteroatoms. The molecule has 0 atom stereocenters. The van der Waals surface area contributed by atoms with E-state index in [1.807, 2.05) is 6.07 Å². The molecule has 6 nitrogen and oxygen atoms in total. The largest absolute Gasteiger partial charge is 0.419 e. The molecule has 1 heterocycles.